The van der Waals surface area contributed by atoms with Crippen LogP contribution in [0.15, 0.2) is 42.6 Å². The minimum Gasteiger partial charge on any atom is -0.357 e. The molecule has 1 heterocycles. The summed E-state index contributed by atoms with van der Waals surface area (Å²) in [6, 6.07) is 10.9. The number of hydrogen-bond acceptors (Lipinski definition) is 2. The van der Waals surface area contributed by atoms with Gasteiger partial charge in [0, 0.05) is 25.4 Å². The number of benzene rings is 1. The van der Waals surface area contributed by atoms with E-state index >= 15 is 0 Å². The Kier molecular flexibility index (Phi) is 4.55. The Morgan fingerprint density at radius 1 is 1.15 bits per heavy atom. The van der Waals surface area contributed by atoms with E-state index in [2.05, 4.69) is 15.6 Å². The minimum absolute atomic E-state index is 0.109. The molecule has 2 amide bonds. The molecule has 0 saturated carbocycles. The number of carbonyl (C=O) groups excluding carboxylic acids is 2. The van der Waals surface area contributed by atoms with E-state index in [4.69, 9.17) is 0 Å². The summed E-state index contributed by atoms with van der Waals surface area (Å²) in [5.41, 5.74) is 2.18. The fourth-order valence-electron chi connectivity index (χ4n) is 1.90. The highest BCUT2D eigenvalue weighted by Crippen LogP contribution is 2.06. The van der Waals surface area contributed by atoms with Gasteiger partial charge in [-0.2, -0.15) is 0 Å². The minimum atomic E-state index is -0.127. The highest BCUT2D eigenvalue weighted by molar-refractivity contribution is 5.94. The third-order valence-electron chi connectivity index (χ3n) is 2.96. The van der Waals surface area contributed by atoms with Crippen molar-refractivity contribution in [1.29, 1.82) is 0 Å². The van der Waals surface area contributed by atoms with Gasteiger partial charge in [-0.05, 0) is 36.2 Å². The fourth-order valence-corrected chi connectivity index (χ4v) is 1.90. The molecule has 20 heavy (non-hydrogen) atoms. The predicted octanol–water partition coefficient (Wildman–Crippen LogP) is 1.35. The lowest BCUT2D eigenvalue weighted by atomic mass is 10.1. The molecule has 1 aromatic carbocycles. The smallest absolute Gasteiger partial charge is 0.267 e. The van der Waals surface area contributed by atoms with Gasteiger partial charge in [-0.1, -0.05) is 12.1 Å². The zero-order valence-corrected chi connectivity index (χ0v) is 11.3. The number of nitrogens with one attached hydrogen (secondary N) is 3. The number of aromatic amines is 1. The summed E-state index contributed by atoms with van der Waals surface area (Å²) in [4.78, 5) is 26.1. The zero-order chi connectivity index (χ0) is 14.4. The molecule has 2 rings (SSSR count). The summed E-state index contributed by atoms with van der Waals surface area (Å²) >= 11 is 0. The van der Waals surface area contributed by atoms with Crippen molar-refractivity contribution in [2.45, 2.75) is 6.42 Å². The number of carbonyl (C=O) groups is 2. The fraction of sp³-hybridized carbons (Fsp3) is 0.200. The lowest BCUT2D eigenvalue weighted by Gasteiger charge is -2.06. The molecule has 0 unspecified atom stereocenters. The first kappa shape index (κ1) is 13.9. The first-order valence-electron chi connectivity index (χ1n) is 6.43. The van der Waals surface area contributed by atoms with Crippen molar-refractivity contribution in [2.75, 3.05) is 13.6 Å². The van der Waals surface area contributed by atoms with Crippen LogP contribution in [0, 0.1) is 0 Å². The van der Waals surface area contributed by atoms with Gasteiger partial charge in [0.25, 0.3) is 11.8 Å². The van der Waals surface area contributed by atoms with Gasteiger partial charge in [0.1, 0.15) is 5.69 Å². The van der Waals surface area contributed by atoms with Gasteiger partial charge in [-0.25, -0.2) is 0 Å². The van der Waals surface area contributed by atoms with Gasteiger partial charge in [0.15, 0.2) is 0 Å². The van der Waals surface area contributed by atoms with Crippen molar-refractivity contribution in [3.8, 4) is 0 Å². The SMILES string of the molecule is CNC(=O)c1cccc(CCNC(=O)c2ccc[nH]2)c1. The van der Waals surface area contributed by atoms with E-state index in [1.54, 1.807) is 31.4 Å². The quantitative estimate of drug-likeness (QED) is 0.768. The van der Waals surface area contributed by atoms with E-state index in [-0.39, 0.29) is 11.8 Å². The Balaban J connectivity index is 1.88. The van der Waals surface area contributed by atoms with E-state index in [0.717, 1.165) is 5.56 Å². The van der Waals surface area contributed by atoms with Crippen LogP contribution in [0.2, 0.25) is 0 Å². The van der Waals surface area contributed by atoms with E-state index < -0.39 is 0 Å². The molecule has 0 saturated heterocycles. The van der Waals surface area contributed by atoms with E-state index in [1.165, 1.54) is 0 Å². The molecule has 0 aliphatic rings. The molecule has 3 N–H and O–H groups in total. The monoisotopic (exact) mass is 271 g/mol. The predicted molar refractivity (Wildman–Crippen MR) is 76.7 cm³/mol. The van der Waals surface area contributed by atoms with Crippen LogP contribution in [-0.2, 0) is 6.42 Å². The first-order chi connectivity index (χ1) is 9.70. The Labute approximate surface area is 117 Å². The largest absolute Gasteiger partial charge is 0.357 e. The van der Waals surface area contributed by atoms with Gasteiger partial charge < -0.3 is 15.6 Å². The van der Waals surface area contributed by atoms with Crippen LogP contribution < -0.4 is 10.6 Å². The molecule has 0 fully saturated rings. The first-order valence-corrected chi connectivity index (χ1v) is 6.43. The van der Waals surface area contributed by atoms with Gasteiger partial charge in [-0.3, -0.25) is 9.59 Å². The van der Waals surface area contributed by atoms with Crippen molar-refractivity contribution in [1.82, 2.24) is 15.6 Å². The van der Waals surface area contributed by atoms with Crippen LogP contribution in [0.25, 0.3) is 0 Å². The molecule has 0 bridgehead atoms. The molecule has 2 aromatic rings. The average Bonchev–Trinajstić information content (AvgIpc) is 3.01. The van der Waals surface area contributed by atoms with Crippen molar-refractivity contribution >= 4 is 11.8 Å². The Bertz CT molecular complexity index is 591. The Hall–Kier alpha value is -2.56. The summed E-state index contributed by atoms with van der Waals surface area (Å²) in [5, 5.41) is 5.41. The third-order valence-corrected chi connectivity index (χ3v) is 2.96. The topological polar surface area (TPSA) is 74.0 Å². The maximum Gasteiger partial charge on any atom is 0.267 e. The van der Waals surface area contributed by atoms with Crippen LogP contribution in [-0.4, -0.2) is 30.4 Å². The second kappa shape index (κ2) is 6.56. The number of hydrogen-bond donors (Lipinski definition) is 3. The van der Waals surface area contributed by atoms with Gasteiger partial charge in [-0.15, -0.1) is 0 Å². The molecule has 0 radical (unpaired) electrons. The summed E-state index contributed by atoms with van der Waals surface area (Å²) in [6.07, 6.45) is 2.39. The van der Waals surface area contributed by atoms with Gasteiger partial charge in [0.2, 0.25) is 0 Å². The molecule has 0 spiro atoms. The lowest BCUT2D eigenvalue weighted by Crippen LogP contribution is -2.26. The summed E-state index contributed by atoms with van der Waals surface area (Å²) in [7, 11) is 1.60. The molecule has 0 aliphatic carbocycles. The Morgan fingerprint density at radius 2 is 2.00 bits per heavy atom. The van der Waals surface area contributed by atoms with E-state index in [0.29, 0.717) is 24.2 Å². The molecule has 5 heteroatoms. The van der Waals surface area contributed by atoms with Crippen molar-refractivity contribution < 1.29 is 9.59 Å². The van der Waals surface area contributed by atoms with Gasteiger partial charge in [0.05, 0.1) is 0 Å². The highest BCUT2D eigenvalue weighted by Gasteiger charge is 2.06. The van der Waals surface area contributed by atoms with Crippen molar-refractivity contribution in [3.63, 3.8) is 0 Å². The van der Waals surface area contributed by atoms with Crippen molar-refractivity contribution in [2.24, 2.45) is 0 Å². The zero-order valence-electron chi connectivity index (χ0n) is 11.3. The number of aromatic nitrogens is 1. The standard InChI is InChI=1S/C15H17N3O2/c1-16-14(19)12-5-2-4-11(10-12)7-9-18-15(20)13-6-3-8-17-13/h2-6,8,10,17H,7,9H2,1H3,(H,16,19)(H,18,20). The molecular weight excluding hydrogens is 254 g/mol. The molecular formula is C15H17N3O2. The summed E-state index contributed by atoms with van der Waals surface area (Å²) in [5.74, 6) is -0.236. The second-order valence-electron chi connectivity index (χ2n) is 4.37. The Morgan fingerprint density at radius 3 is 2.70 bits per heavy atom. The van der Waals surface area contributed by atoms with E-state index in [9.17, 15) is 9.59 Å². The van der Waals surface area contributed by atoms with Crippen LogP contribution in [0.3, 0.4) is 0 Å². The molecule has 0 aliphatic heterocycles. The molecule has 5 nitrogen and oxygen atoms in total. The normalized spacial score (nSPS) is 10.1. The average molecular weight is 271 g/mol. The number of amides is 2. The lowest BCUT2D eigenvalue weighted by molar-refractivity contribution is 0.0945. The summed E-state index contributed by atoms with van der Waals surface area (Å²) in [6.45, 7) is 0.523. The molecule has 1 aromatic heterocycles. The maximum atomic E-state index is 11.7. The van der Waals surface area contributed by atoms with Crippen LogP contribution in [0.4, 0.5) is 0 Å². The van der Waals surface area contributed by atoms with Gasteiger partial charge >= 0.3 is 0 Å². The number of rotatable bonds is 5. The second-order valence-corrected chi connectivity index (χ2v) is 4.37. The van der Waals surface area contributed by atoms with E-state index in [1.807, 2.05) is 18.2 Å². The highest BCUT2D eigenvalue weighted by atomic mass is 16.2. The molecule has 104 valence electrons. The van der Waals surface area contributed by atoms with Crippen LogP contribution in [0.5, 0.6) is 0 Å². The summed E-state index contributed by atoms with van der Waals surface area (Å²) < 4.78 is 0. The maximum absolute atomic E-state index is 11.7. The van der Waals surface area contributed by atoms with Crippen LogP contribution in [0.1, 0.15) is 26.4 Å². The van der Waals surface area contributed by atoms with Crippen LogP contribution >= 0.6 is 0 Å². The van der Waals surface area contributed by atoms with Crippen molar-refractivity contribution in [3.05, 3.63) is 59.4 Å². The third kappa shape index (κ3) is 3.47. The molecule has 0 atom stereocenters. The number of H-pyrrole nitrogens is 1.